The fraction of sp³-hybridized carbons (Fsp3) is 0.467. The summed E-state index contributed by atoms with van der Waals surface area (Å²) in [4.78, 5) is 21.9. The number of hydrogen-bond donors (Lipinski definition) is 2. The highest BCUT2D eigenvalue weighted by atomic mass is 35.5. The van der Waals surface area contributed by atoms with Crippen LogP contribution in [0.25, 0.3) is 0 Å². The minimum atomic E-state index is 0. The van der Waals surface area contributed by atoms with Crippen molar-refractivity contribution >= 4 is 18.3 Å². The summed E-state index contributed by atoms with van der Waals surface area (Å²) >= 11 is 0. The van der Waals surface area contributed by atoms with Crippen LogP contribution >= 0.6 is 12.4 Å². The Kier molecular flexibility index (Phi) is 15.0. The van der Waals surface area contributed by atoms with E-state index in [1.165, 1.54) is 6.42 Å². The van der Waals surface area contributed by atoms with E-state index >= 15 is 0 Å². The number of aryl methyl sites for hydroxylation is 1. The van der Waals surface area contributed by atoms with Gasteiger partial charge in [0.1, 0.15) is 11.5 Å². The van der Waals surface area contributed by atoms with E-state index in [1.807, 2.05) is 79.7 Å². The van der Waals surface area contributed by atoms with Crippen LogP contribution in [0.2, 0.25) is 0 Å². The molecule has 4 rings (SSSR count). The topological polar surface area (TPSA) is 79.5 Å². The van der Waals surface area contributed by atoms with Crippen LogP contribution < -0.4 is 14.8 Å². The maximum atomic E-state index is 12.6. The lowest BCUT2D eigenvalue weighted by Crippen LogP contribution is -2.36. The maximum absolute atomic E-state index is 12.6. The van der Waals surface area contributed by atoms with Gasteiger partial charge in [-0.25, -0.2) is 4.98 Å². The number of ether oxygens (including phenoxy) is 2. The third-order valence-electron chi connectivity index (χ3n) is 6.45. The van der Waals surface area contributed by atoms with Crippen molar-refractivity contribution in [2.75, 3.05) is 40.4 Å². The lowest BCUT2D eigenvalue weighted by atomic mass is 9.89. The number of nitrogens with one attached hydrogen (secondary N) is 2. The molecule has 38 heavy (non-hydrogen) atoms. The Morgan fingerprint density at radius 1 is 0.974 bits per heavy atom. The van der Waals surface area contributed by atoms with Gasteiger partial charge in [0.25, 0.3) is 0 Å². The zero-order valence-electron chi connectivity index (χ0n) is 22.7. The van der Waals surface area contributed by atoms with Crippen molar-refractivity contribution in [3.8, 4) is 11.5 Å². The number of amides is 1. The summed E-state index contributed by atoms with van der Waals surface area (Å²) in [5, 5.41) is 3.11. The summed E-state index contributed by atoms with van der Waals surface area (Å²) in [5.41, 5.74) is 2.25. The van der Waals surface area contributed by atoms with Gasteiger partial charge in [-0.2, -0.15) is 0 Å². The quantitative estimate of drug-likeness (QED) is 0.286. The summed E-state index contributed by atoms with van der Waals surface area (Å²) in [5.74, 6) is 2.20. The monoisotopic (exact) mass is 542 g/mol. The van der Waals surface area contributed by atoms with Crippen molar-refractivity contribution in [1.29, 1.82) is 0 Å². The minimum Gasteiger partial charge on any atom is -0.494 e. The average molecular weight is 543 g/mol. The summed E-state index contributed by atoms with van der Waals surface area (Å²) in [6, 6.07) is 19.8. The highest BCUT2D eigenvalue weighted by molar-refractivity contribution is 5.85. The van der Waals surface area contributed by atoms with E-state index in [-0.39, 0.29) is 24.2 Å². The van der Waals surface area contributed by atoms with Crippen molar-refractivity contribution in [1.82, 2.24) is 20.2 Å². The number of halogens is 1. The molecule has 3 aromatic rings. The molecule has 1 aliphatic rings. The SMILES string of the molecule is CN(CCCCOc1ccccc1)C(=O)C1CCc2nc[nH]c2C1.CNCCCCOc1ccccc1.Cl. The fourth-order valence-electron chi connectivity index (χ4n) is 4.30. The van der Waals surface area contributed by atoms with Gasteiger partial charge < -0.3 is 24.7 Å². The Bertz CT molecular complexity index is 1020. The van der Waals surface area contributed by atoms with Crippen molar-refractivity contribution in [2.24, 2.45) is 5.92 Å². The predicted octanol–water partition coefficient (Wildman–Crippen LogP) is 5.32. The van der Waals surface area contributed by atoms with Crippen LogP contribution in [0.3, 0.4) is 0 Å². The van der Waals surface area contributed by atoms with Crippen LogP contribution in [-0.4, -0.2) is 61.2 Å². The van der Waals surface area contributed by atoms with Crippen LogP contribution in [0, 0.1) is 5.92 Å². The second kappa shape index (κ2) is 18.3. The van der Waals surface area contributed by atoms with Gasteiger partial charge in [-0.1, -0.05) is 36.4 Å². The number of aromatic nitrogens is 2. The van der Waals surface area contributed by atoms with Crippen LogP contribution in [0.1, 0.15) is 43.5 Å². The Labute approximate surface area is 233 Å². The third kappa shape index (κ3) is 11.2. The molecular formula is C30H43ClN4O3. The zero-order valence-corrected chi connectivity index (χ0v) is 23.6. The number of para-hydroxylation sites is 2. The van der Waals surface area contributed by atoms with Gasteiger partial charge in [-0.3, -0.25) is 4.79 Å². The first-order chi connectivity index (χ1) is 18.2. The molecule has 0 bridgehead atoms. The van der Waals surface area contributed by atoms with Crippen LogP contribution in [0.4, 0.5) is 0 Å². The lowest BCUT2D eigenvalue weighted by Gasteiger charge is -2.26. The number of hydrogen-bond acceptors (Lipinski definition) is 5. The summed E-state index contributed by atoms with van der Waals surface area (Å²) in [7, 11) is 3.88. The van der Waals surface area contributed by atoms with E-state index in [1.54, 1.807) is 6.33 Å². The number of imidazole rings is 1. The number of carbonyl (C=O) groups excluding carboxylic acids is 1. The molecule has 1 unspecified atom stereocenters. The van der Waals surface area contributed by atoms with Crippen molar-refractivity contribution < 1.29 is 14.3 Å². The smallest absolute Gasteiger partial charge is 0.225 e. The molecular weight excluding hydrogens is 500 g/mol. The van der Waals surface area contributed by atoms with E-state index in [0.29, 0.717) is 6.61 Å². The fourth-order valence-corrected chi connectivity index (χ4v) is 4.30. The molecule has 7 nitrogen and oxygen atoms in total. The van der Waals surface area contributed by atoms with E-state index in [4.69, 9.17) is 9.47 Å². The first kappa shape index (κ1) is 31.2. The molecule has 1 atom stereocenters. The van der Waals surface area contributed by atoms with Gasteiger partial charge in [0.2, 0.25) is 5.91 Å². The minimum absolute atomic E-state index is 0. The van der Waals surface area contributed by atoms with Crippen molar-refractivity contribution in [3.05, 3.63) is 78.4 Å². The largest absolute Gasteiger partial charge is 0.494 e. The number of unbranched alkanes of at least 4 members (excludes halogenated alkanes) is 2. The number of aromatic amines is 1. The first-order valence-electron chi connectivity index (χ1n) is 13.4. The van der Waals surface area contributed by atoms with E-state index in [2.05, 4.69) is 15.3 Å². The number of nitrogens with zero attached hydrogens (tertiary/aromatic N) is 2. The van der Waals surface area contributed by atoms with Crippen LogP contribution in [0.15, 0.2) is 67.0 Å². The molecule has 0 radical (unpaired) electrons. The summed E-state index contributed by atoms with van der Waals surface area (Å²) in [6.07, 6.45) is 8.49. The van der Waals surface area contributed by atoms with Gasteiger partial charge >= 0.3 is 0 Å². The number of rotatable bonds is 13. The highest BCUT2D eigenvalue weighted by Crippen LogP contribution is 2.24. The lowest BCUT2D eigenvalue weighted by molar-refractivity contribution is -0.134. The highest BCUT2D eigenvalue weighted by Gasteiger charge is 2.28. The molecule has 0 saturated heterocycles. The van der Waals surface area contributed by atoms with Crippen molar-refractivity contribution in [2.45, 2.75) is 44.9 Å². The van der Waals surface area contributed by atoms with Gasteiger partial charge in [-0.15, -0.1) is 12.4 Å². The van der Waals surface area contributed by atoms with Crippen LogP contribution in [-0.2, 0) is 17.6 Å². The molecule has 2 N–H and O–H groups in total. The molecule has 0 saturated carbocycles. The zero-order chi connectivity index (χ0) is 26.1. The molecule has 1 heterocycles. The van der Waals surface area contributed by atoms with Crippen molar-refractivity contribution in [3.63, 3.8) is 0 Å². The molecule has 8 heteroatoms. The summed E-state index contributed by atoms with van der Waals surface area (Å²) in [6.45, 7) is 3.35. The van der Waals surface area contributed by atoms with E-state index in [0.717, 1.165) is 81.1 Å². The van der Waals surface area contributed by atoms with Gasteiger partial charge in [0.15, 0.2) is 0 Å². The molecule has 0 fully saturated rings. The van der Waals surface area contributed by atoms with E-state index in [9.17, 15) is 4.79 Å². The molecule has 2 aromatic carbocycles. The number of carbonyl (C=O) groups is 1. The van der Waals surface area contributed by atoms with Gasteiger partial charge in [0, 0.05) is 31.6 Å². The molecule has 0 aliphatic heterocycles. The second-order valence-corrected chi connectivity index (χ2v) is 9.37. The standard InChI is InChI=1S/C19H25N3O2.C11H17NO.ClH/c1-22(11-5-6-12-24-16-7-3-2-4-8-16)19(23)15-9-10-17-18(13-15)21-14-20-17;1-12-9-5-6-10-13-11-7-3-2-4-8-11;/h2-4,7-8,14-15H,5-6,9-13H2,1H3,(H,20,21);2-4,7-8,12H,5-6,9-10H2,1H3;1H. The van der Waals surface area contributed by atoms with E-state index < -0.39 is 0 Å². The number of H-pyrrole nitrogens is 1. The molecule has 208 valence electrons. The van der Waals surface area contributed by atoms with Gasteiger partial charge in [0.05, 0.1) is 25.2 Å². The maximum Gasteiger partial charge on any atom is 0.225 e. The Balaban J connectivity index is 0.000000309. The molecule has 0 spiro atoms. The second-order valence-electron chi connectivity index (χ2n) is 9.37. The first-order valence-corrected chi connectivity index (χ1v) is 13.4. The summed E-state index contributed by atoms with van der Waals surface area (Å²) < 4.78 is 11.2. The van der Waals surface area contributed by atoms with Gasteiger partial charge in [-0.05, 0) is 76.4 Å². The molecule has 1 aromatic heterocycles. The van der Waals surface area contributed by atoms with Crippen LogP contribution in [0.5, 0.6) is 11.5 Å². The molecule has 1 aliphatic carbocycles. The number of fused-ring (bicyclic) bond motifs is 1. The Morgan fingerprint density at radius 3 is 2.18 bits per heavy atom. The normalized spacial score (nSPS) is 13.8. The number of benzene rings is 2. The Hall–Kier alpha value is -3.03. The molecule has 1 amide bonds. The third-order valence-corrected chi connectivity index (χ3v) is 6.45. The Morgan fingerprint density at radius 2 is 1.58 bits per heavy atom. The average Bonchev–Trinajstić information content (AvgIpc) is 3.42. The predicted molar refractivity (Wildman–Crippen MR) is 155 cm³/mol.